The van der Waals surface area contributed by atoms with Gasteiger partial charge in [-0.15, -0.1) is 0 Å². The quantitative estimate of drug-likeness (QED) is 0.425. The predicted molar refractivity (Wildman–Crippen MR) is 85.3 cm³/mol. The minimum Gasteiger partial charge on any atom is -0.545 e. The predicted octanol–water partition coefficient (Wildman–Crippen LogP) is -1.48. The average molecular weight is 375 g/mol. The Labute approximate surface area is 153 Å². The second-order valence-electron chi connectivity index (χ2n) is 6.02. The topological polar surface area (TPSA) is 140 Å². The van der Waals surface area contributed by atoms with E-state index in [1.54, 1.807) is 0 Å². The first-order valence-corrected chi connectivity index (χ1v) is 8.06. The second-order valence-corrected chi connectivity index (χ2v) is 6.02. The number of hydrogen-bond acceptors (Lipinski definition) is 8. The summed E-state index contributed by atoms with van der Waals surface area (Å²) < 4.78 is 11.9. The molecule has 3 rings (SSSR count). The Bertz CT molecular complexity index is 838. The van der Waals surface area contributed by atoms with Crippen LogP contribution in [0.25, 0.3) is 0 Å². The Balaban J connectivity index is 1.66. The van der Waals surface area contributed by atoms with Gasteiger partial charge < -0.3 is 34.7 Å². The zero-order valence-electron chi connectivity index (χ0n) is 14.0. The van der Waals surface area contributed by atoms with E-state index in [4.69, 9.17) is 9.47 Å². The Morgan fingerprint density at radius 2 is 1.81 bits per heavy atom. The number of carbonyl (C=O) groups excluding carboxylic acids is 2. The fourth-order valence-corrected chi connectivity index (χ4v) is 2.72. The van der Waals surface area contributed by atoms with Gasteiger partial charge >= 0.3 is 5.97 Å². The van der Waals surface area contributed by atoms with Gasteiger partial charge in [-0.3, -0.25) is 0 Å². The minimum absolute atomic E-state index is 0.00267. The van der Waals surface area contributed by atoms with Crippen molar-refractivity contribution in [2.45, 2.75) is 24.5 Å². The third kappa shape index (κ3) is 4.05. The van der Waals surface area contributed by atoms with Crippen LogP contribution < -0.4 is 9.67 Å². The minimum atomic E-state index is -1.39. The lowest BCUT2D eigenvalue weighted by Gasteiger charge is -2.13. The molecule has 27 heavy (non-hydrogen) atoms. The lowest BCUT2D eigenvalue weighted by Crippen LogP contribution is -2.46. The Hall–Kier alpha value is -3.01. The van der Waals surface area contributed by atoms with Gasteiger partial charge in [-0.25, -0.2) is 4.79 Å². The first-order valence-electron chi connectivity index (χ1n) is 8.06. The number of pyridine rings is 1. The van der Waals surface area contributed by atoms with Crippen LogP contribution in [0.2, 0.25) is 0 Å². The van der Waals surface area contributed by atoms with Crippen molar-refractivity contribution in [3.63, 3.8) is 0 Å². The number of aromatic carboxylic acids is 1. The molecule has 9 nitrogen and oxygen atoms in total. The highest BCUT2D eigenvalue weighted by Gasteiger charge is 2.48. The Morgan fingerprint density at radius 3 is 2.48 bits per heavy atom. The van der Waals surface area contributed by atoms with Gasteiger partial charge in [0, 0.05) is 6.07 Å². The van der Waals surface area contributed by atoms with Crippen LogP contribution in [-0.4, -0.2) is 52.2 Å². The Kier molecular flexibility index (Phi) is 5.36. The van der Waals surface area contributed by atoms with Crippen molar-refractivity contribution in [2.75, 3.05) is 6.61 Å². The number of carboxylic acids is 1. The highest BCUT2D eigenvalue weighted by Crippen LogP contribution is 2.26. The summed E-state index contributed by atoms with van der Waals surface area (Å²) in [5.74, 6) is -2.07. The number of phenols is 1. The van der Waals surface area contributed by atoms with Gasteiger partial charge in [-0.2, -0.15) is 4.57 Å². The fraction of sp³-hybridized carbons (Fsp3) is 0.278. The molecule has 0 unspecified atom stereocenters. The number of benzene rings is 1. The van der Waals surface area contributed by atoms with E-state index in [1.165, 1.54) is 53.4 Å². The van der Waals surface area contributed by atoms with Gasteiger partial charge in [0.2, 0.25) is 0 Å². The number of esters is 1. The zero-order chi connectivity index (χ0) is 19.6. The number of aromatic nitrogens is 1. The van der Waals surface area contributed by atoms with Crippen LogP contribution in [0, 0.1) is 0 Å². The summed E-state index contributed by atoms with van der Waals surface area (Å²) in [6.45, 7) is -0.324. The molecule has 1 aromatic carbocycles. The summed E-state index contributed by atoms with van der Waals surface area (Å²) >= 11 is 0. The maximum atomic E-state index is 12.0. The zero-order valence-corrected chi connectivity index (χ0v) is 14.0. The number of carboxylic acid groups (broad SMARTS) is 1. The number of aliphatic hydroxyl groups is 2. The lowest BCUT2D eigenvalue weighted by atomic mass is 10.1. The van der Waals surface area contributed by atoms with Gasteiger partial charge in [0.1, 0.15) is 24.6 Å². The second kappa shape index (κ2) is 7.70. The van der Waals surface area contributed by atoms with E-state index >= 15 is 0 Å². The maximum absolute atomic E-state index is 12.0. The van der Waals surface area contributed by atoms with Gasteiger partial charge in [0.05, 0.1) is 17.1 Å². The van der Waals surface area contributed by atoms with Crippen LogP contribution in [0.4, 0.5) is 0 Å². The molecule has 2 aromatic rings. The smallest absolute Gasteiger partial charge is 0.338 e. The summed E-state index contributed by atoms with van der Waals surface area (Å²) in [5, 5.41) is 40.5. The van der Waals surface area contributed by atoms with Crippen LogP contribution in [0.1, 0.15) is 26.9 Å². The summed E-state index contributed by atoms with van der Waals surface area (Å²) in [4.78, 5) is 23.0. The van der Waals surface area contributed by atoms with Gasteiger partial charge in [-0.1, -0.05) is 0 Å². The number of hydrogen-bond donors (Lipinski definition) is 3. The summed E-state index contributed by atoms with van der Waals surface area (Å²) in [6.07, 6.45) is -2.09. The van der Waals surface area contributed by atoms with E-state index in [0.29, 0.717) is 0 Å². The normalized spacial score (nSPS) is 24.5. The fourth-order valence-electron chi connectivity index (χ4n) is 2.72. The Morgan fingerprint density at radius 1 is 1.11 bits per heavy atom. The van der Waals surface area contributed by atoms with E-state index in [-0.39, 0.29) is 23.5 Å². The molecule has 0 saturated carbocycles. The highest BCUT2D eigenvalue weighted by molar-refractivity contribution is 5.89. The molecule has 1 aliphatic rings. The van der Waals surface area contributed by atoms with Crippen molar-refractivity contribution >= 4 is 11.9 Å². The third-order valence-electron chi connectivity index (χ3n) is 4.17. The highest BCUT2D eigenvalue weighted by atomic mass is 16.6. The summed E-state index contributed by atoms with van der Waals surface area (Å²) in [5.41, 5.74) is 0.0819. The summed E-state index contributed by atoms with van der Waals surface area (Å²) in [6, 6.07) is 8.17. The molecule has 1 aliphatic heterocycles. The van der Waals surface area contributed by atoms with Crippen LogP contribution in [0.3, 0.4) is 0 Å². The van der Waals surface area contributed by atoms with E-state index in [9.17, 15) is 30.0 Å². The molecule has 0 amide bonds. The van der Waals surface area contributed by atoms with Gasteiger partial charge in [0.15, 0.2) is 18.5 Å². The molecule has 1 fully saturated rings. The number of carbonyl (C=O) groups is 2. The van der Waals surface area contributed by atoms with Crippen molar-refractivity contribution in [1.82, 2.24) is 0 Å². The molecule has 142 valence electrons. The van der Waals surface area contributed by atoms with Crippen LogP contribution in [0.15, 0.2) is 48.8 Å². The van der Waals surface area contributed by atoms with E-state index in [0.717, 1.165) is 0 Å². The number of rotatable bonds is 5. The van der Waals surface area contributed by atoms with E-state index in [1.807, 2.05) is 0 Å². The number of aliphatic hydroxyl groups excluding tert-OH is 2. The number of phenolic OH excluding ortho intramolecular Hbond substituents is 1. The van der Waals surface area contributed by atoms with Crippen LogP contribution in [0.5, 0.6) is 5.75 Å². The third-order valence-corrected chi connectivity index (χ3v) is 4.17. The SMILES string of the molecule is O=C([O-])c1ccc[n+]([C@H]2O[C@H](COC(=O)c3ccc(O)cc3)[C@@H](O)[C@H]2O)c1. The number of nitrogens with zero attached hydrogens (tertiary/aromatic N) is 1. The van der Waals surface area contributed by atoms with Crippen molar-refractivity contribution in [3.8, 4) is 5.75 Å². The molecule has 0 bridgehead atoms. The maximum Gasteiger partial charge on any atom is 0.338 e. The first-order chi connectivity index (χ1) is 12.9. The van der Waals surface area contributed by atoms with Crippen LogP contribution in [-0.2, 0) is 9.47 Å². The van der Waals surface area contributed by atoms with Crippen molar-refractivity contribution in [3.05, 3.63) is 59.9 Å². The van der Waals surface area contributed by atoms with E-state index < -0.39 is 36.5 Å². The summed E-state index contributed by atoms with van der Waals surface area (Å²) in [7, 11) is 0. The molecular formula is C18H17NO8. The van der Waals surface area contributed by atoms with Crippen molar-refractivity contribution < 1.29 is 44.1 Å². The molecule has 1 aromatic heterocycles. The standard InChI is InChI=1S/C18H17NO8/c20-12-5-3-10(4-6-12)18(25)26-9-13-14(21)15(22)16(27-13)19-7-1-2-11(8-19)17(23)24/h1-8,13-16,21-22H,9H2,(H-,20,23,24,25)/t13-,14-,15-,16+/m1/s1. The lowest BCUT2D eigenvalue weighted by molar-refractivity contribution is -0.765. The molecule has 2 heterocycles. The van der Waals surface area contributed by atoms with Gasteiger partial charge in [0.25, 0.3) is 6.23 Å². The number of aromatic hydroxyl groups is 1. The molecule has 0 aliphatic carbocycles. The monoisotopic (exact) mass is 375 g/mol. The molecule has 3 N–H and O–H groups in total. The molecule has 1 saturated heterocycles. The van der Waals surface area contributed by atoms with Crippen molar-refractivity contribution in [2.24, 2.45) is 0 Å². The largest absolute Gasteiger partial charge is 0.545 e. The van der Waals surface area contributed by atoms with Crippen LogP contribution >= 0.6 is 0 Å². The van der Waals surface area contributed by atoms with E-state index in [2.05, 4.69) is 0 Å². The molecule has 9 heteroatoms. The molecular weight excluding hydrogens is 358 g/mol. The molecule has 0 radical (unpaired) electrons. The number of ether oxygens (including phenoxy) is 2. The molecule has 0 spiro atoms. The average Bonchev–Trinajstić information content (AvgIpc) is 2.95. The first kappa shape index (κ1) is 18.8. The molecule has 4 atom stereocenters. The van der Waals surface area contributed by atoms with Gasteiger partial charge in [-0.05, 0) is 30.3 Å². The van der Waals surface area contributed by atoms with Crippen molar-refractivity contribution in [1.29, 1.82) is 0 Å².